The zero-order valence-corrected chi connectivity index (χ0v) is 21.8. The molecule has 9 heteroatoms. The molecular formula is C28H32N6O3. The van der Waals surface area contributed by atoms with Crippen LogP contribution in [-0.4, -0.2) is 63.3 Å². The van der Waals surface area contributed by atoms with Gasteiger partial charge in [0, 0.05) is 44.4 Å². The molecule has 0 aliphatic carbocycles. The Labute approximate surface area is 216 Å². The molecule has 0 radical (unpaired) electrons. The fraction of sp³-hybridized carbons (Fsp3) is 0.429. The van der Waals surface area contributed by atoms with Gasteiger partial charge in [0.25, 0.3) is 0 Å². The smallest absolute Gasteiger partial charge is 0.222 e. The van der Waals surface area contributed by atoms with Crippen LogP contribution in [0.4, 0.5) is 5.95 Å². The number of aromatic nitrogens is 4. The fourth-order valence-electron chi connectivity index (χ4n) is 5.81. The van der Waals surface area contributed by atoms with Crippen LogP contribution in [0.3, 0.4) is 0 Å². The van der Waals surface area contributed by atoms with Gasteiger partial charge in [0.05, 0.1) is 22.5 Å². The summed E-state index contributed by atoms with van der Waals surface area (Å²) in [6.45, 7) is 7.92. The monoisotopic (exact) mass is 500 g/mol. The number of hydrogen-bond donors (Lipinski definition) is 0. The molecule has 2 aliphatic rings. The van der Waals surface area contributed by atoms with E-state index < -0.39 is 0 Å². The Morgan fingerprint density at radius 1 is 1.16 bits per heavy atom. The van der Waals surface area contributed by atoms with Gasteiger partial charge < -0.3 is 19.1 Å². The molecule has 5 heterocycles. The van der Waals surface area contributed by atoms with E-state index in [1.807, 2.05) is 57.1 Å². The van der Waals surface area contributed by atoms with E-state index in [1.165, 1.54) is 0 Å². The molecule has 2 aliphatic heterocycles. The molecule has 0 bridgehead atoms. The summed E-state index contributed by atoms with van der Waals surface area (Å²) in [7, 11) is 1.93. The second-order valence-electron chi connectivity index (χ2n) is 9.95. The minimum absolute atomic E-state index is 0.101. The molecule has 9 nitrogen and oxygen atoms in total. The summed E-state index contributed by atoms with van der Waals surface area (Å²) < 4.78 is 14.3. The van der Waals surface area contributed by atoms with Crippen molar-refractivity contribution >= 4 is 22.9 Å². The van der Waals surface area contributed by atoms with E-state index in [1.54, 1.807) is 0 Å². The number of hydrogen-bond acceptors (Lipinski definition) is 7. The Kier molecular flexibility index (Phi) is 5.85. The summed E-state index contributed by atoms with van der Waals surface area (Å²) in [5.41, 5.74) is 5.57. The molecule has 37 heavy (non-hydrogen) atoms. The molecule has 6 rings (SSSR count). The molecule has 4 aromatic rings. The minimum Gasteiger partial charge on any atom is -0.488 e. The van der Waals surface area contributed by atoms with Crippen LogP contribution in [0.15, 0.2) is 41.1 Å². The van der Waals surface area contributed by atoms with Crippen LogP contribution in [0.25, 0.3) is 22.2 Å². The van der Waals surface area contributed by atoms with Crippen LogP contribution in [-0.2, 0) is 4.79 Å². The molecule has 192 valence electrons. The van der Waals surface area contributed by atoms with Crippen molar-refractivity contribution in [2.75, 3.05) is 31.6 Å². The van der Waals surface area contributed by atoms with Gasteiger partial charge in [-0.05, 0) is 51.0 Å². The van der Waals surface area contributed by atoms with Gasteiger partial charge >= 0.3 is 0 Å². The SMILES string of the molecule is CCC(=O)N(C)C1CCN(c2nc3ccc(-c4c(C)noc4C)c4c3n2C(c2ccccn2)CO4)CC1. The summed E-state index contributed by atoms with van der Waals surface area (Å²) in [6, 6.07) is 10.3. The maximum atomic E-state index is 12.3. The Morgan fingerprint density at radius 2 is 1.97 bits per heavy atom. The van der Waals surface area contributed by atoms with Crippen molar-refractivity contribution in [1.82, 2.24) is 24.6 Å². The first-order valence-electron chi connectivity index (χ1n) is 13.0. The number of carbonyl (C=O) groups excluding carboxylic acids is 1. The third-order valence-electron chi connectivity index (χ3n) is 7.81. The highest BCUT2D eigenvalue weighted by molar-refractivity contribution is 5.94. The van der Waals surface area contributed by atoms with Crippen LogP contribution < -0.4 is 9.64 Å². The first-order chi connectivity index (χ1) is 18.0. The molecule has 1 aromatic carbocycles. The second kappa shape index (κ2) is 9.21. The third-order valence-corrected chi connectivity index (χ3v) is 7.81. The lowest BCUT2D eigenvalue weighted by molar-refractivity contribution is -0.132. The Hall–Kier alpha value is -3.88. The van der Waals surface area contributed by atoms with Gasteiger partial charge in [-0.15, -0.1) is 0 Å². The lowest BCUT2D eigenvalue weighted by Crippen LogP contribution is -2.46. The Bertz CT molecular complexity index is 1430. The normalized spacial score (nSPS) is 17.7. The van der Waals surface area contributed by atoms with E-state index in [9.17, 15) is 4.79 Å². The number of piperidine rings is 1. The number of imidazole rings is 1. The minimum atomic E-state index is -0.101. The Morgan fingerprint density at radius 3 is 2.65 bits per heavy atom. The summed E-state index contributed by atoms with van der Waals surface area (Å²) in [5.74, 6) is 2.70. The molecule has 1 fully saturated rings. The van der Waals surface area contributed by atoms with Crippen LogP contribution in [0.2, 0.25) is 0 Å². The van der Waals surface area contributed by atoms with Gasteiger partial charge in [0.15, 0.2) is 5.75 Å². The third kappa shape index (κ3) is 3.84. The van der Waals surface area contributed by atoms with Crippen molar-refractivity contribution in [2.45, 2.75) is 52.1 Å². The molecule has 1 unspecified atom stereocenters. The van der Waals surface area contributed by atoms with E-state index in [0.29, 0.717) is 13.0 Å². The summed E-state index contributed by atoms with van der Waals surface area (Å²) in [5, 5.41) is 4.17. The van der Waals surface area contributed by atoms with Crippen LogP contribution in [0.5, 0.6) is 5.75 Å². The topological polar surface area (TPSA) is 89.5 Å². The number of carbonyl (C=O) groups is 1. The lowest BCUT2D eigenvalue weighted by Gasteiger charge is -2.38. The van der Waals surface area contributed by atoms with Crippen molar-refractivity contribution in [2.24, 2.45) is 0 Å². The maximum Gasteiger partial charge on any atom is 0.222 e. The second-order valence-corrected chi connectivity index (χ2v) is 9.95. The number of rotatable bonds is 5. The van der Waals surface area contributed by atoms with E-state index in [0.717, 1.165) is 76.9 Å². The first-order valence-corrected chi connectivity index (χ1v) is 13.0. The summed E-state index contributed by atoms with van der Waals surface area (Å²) in [4.78, 5) is 26.3. The van der Waals surface area contributed by atoms with Gasteiger partial charge in [0.1, 0.15) is 23.9 Å². The fourth-order valence-corrected chi connectivity index (χ4v) is 5.81. The highest BCUT2D eigenvalue weighted by Crippen LogP contribution is 2.46. The molecule has 1 saturated heterocycles. The number of nitrogens with zero attached hydrogens (tertiary/aromatic N) is 6. The predicted octanol–water partition coefficient (Wildman–Crippen LogP) is 4.52. The van der Waals surface area contributed by atoms with Crippen molar-refractivity contribution < 1.29 is 14.1 Å². The molecule has 1 atom stereocenters. The Balaban J connectivity index is 1.46. The van der Waals surface area contributed by atoms with Crippen LogP contribution in [0.1, 0.15) is 49.4 Å². The van der Waals surface area contributed by atoms with Crippen molar-refractivity contribution in [3.63, 3.8) is 0 Å². The van der Waals surface area contributed by atoms with Gasteiger partial charge in [-0.25, -0.2) is 4.98 Å². The predicted molar refractivity (Wildman–Crippen MR) is 141 cm³/mol. The largest absolute Gasteiger partial charge is 0.488 e. The number of aryl methyl sites for hydroxylation is 2. The highest BCUT2D eigenvalue weighted by atomic mass is 16.5. The summed E-state index contributed by atoms with van der Waals surface area (Å²) >= 11 is 0. The van der Waals surface area contributed by atoms with E-state index in [-0.39, 0.29) is 18.0 Å². The van der Waals surface area contributed by atoms with Gasteiger partial charge in [-0.1, -0.05) is 18.1 Å². The lowest BCUT2D eigenvalue weighted by atomic mass is 10.0. The van der Waals surface area contributed by atoms with E-state index >= 15 is 0 Å². The van der Waals surface area contributed by atoms with Crippen LogP contribution in [0, 0.1) is 13.8 Å². The molecule has 3 aromatic heterocycles. The van der Waals surface area contributed by atoms with Crippen molar-refractivity contribution in [1.29, 1.82) is 0 Å². The molecule has 1 amide bonds. The number of ether oxygens (including phenoxy) is 1. The average Bonchev–Trinajstić information content (AvgIpc) is 3.49. The number of amides is 1. The molecule has 0 N–H and O–H groups in total. The standard InChI is InChI=1S/C28H32N6O3/c1-5-24(35)32(4)19-11-14-33(15-12-19)28-30-22-10-9-20(25-17(2)31-37-18(25)3)27-26(22)34(28)23(16-36-27)21-8-6-7-13-29-21/h6-10,13,19,23H,5,11-12,14-16H2,1-4H3. The van der Waals surface area contributed by atoms with Gasteiger partial charge in [-0.3, -0.25) is 14.3 Å². The van der Waals surface area contributed by atoms with Crippen LogP contribution >= 0.6 is 0 Å². The summed E-state index contributed by atoms with van der Waals surface area (Å²) in [6.07, 6.45) is 4.18. The number of pyridine rings is 1. The molecule has 0 saturated carbocycles. The zero-order chi connectivity index (χ0) is 25.7. The van der Waals surface area contributed by atoms with Gasteiger partial charge in [-0.2, -0.15) is 0 Å². The van der Waals surface area contributed by atoms with E-state index in [2.05, 4.69) is 31.7 Å². The molecule has 0 spiro atoms. The average molecular weight is 501 g/mol. The maximum absolute atomic E-state index is 12.3. The van der Waals surface area contributed by atoms with E-state index in [4.69, 9.17) is 14.2 Å². The first kappa shape index (κ1) is 23.5. The van der Waals surface area contributed by atoms with Gasteiger partial charge in [0.2, 0.25) is 11.9 Å². The molecular weight excluding hydrogens is 468 g/mol. The highest BCUT2D eigenvalue weighted by Gasteiger charge is 2.35. The van der Waals surface area contributed by atoms with Crippen molar-refractivity contribution in [3.8, 4) is 16.9 Å². The number of anilines is 1. The zero-order valence-electron chi connectivity index (χ0n) is 21.8. The number of benzene rings is 1. The quantitative estimate of drug-likeness (QED) is 0.398. The van der Waals surface area contributed by atoms with Crippen molar-refractivity contribution in [3.05, 3.63) is 53.7 Å².